The van der Waals surface area contributed by atoms with Crippen molar-refractivity contribution in [2.75, 3.05) is 6.61 Å². The number of carboxylic acid groups (broad SMARTS) is 1. The van der Waals surface area contributed by atoms with E-state index in [1.54, 1.807) is 0 Å². The molecular weight excluding hydrogens is 369 g/mol. The molecule has 0 bridgehead atoms. The number of aliphatic hydroxyl groups excluding tert-OH is 4. The minimum atomic E-state index is -2.78. The lowest BCUT2D eigenvalue weighted by Crippen LogP contribution is -2.67. The molecule has 0 aromatic carbocycles. The average Bonchev–Trinajstić information content (AvgIpc) is 2.47. The fraction of sp³-hybridized carbons (Fsp3) is 0.818. The van der Waals surface area contributed by atoms with E-state index in [-0.39, 0.29) is 0 Å². The van der Waals surface area contributed by atoms with Gasteiger partial charge in [-0.1, -0.05) is 0 Å². The fourth-order valence-corrected chi connectivity index (χ4v) is 2.14. The highest BCUT2D eigenvalue weighted by molar-refractivity contribution is 7.38. The van der Waals surface area contributed by atoms with Crippen LogP contribution in [0.25, 0.3) is 0 Å². The highest BCUT2D eigenvalue weighted by atomic mass is 31.2. The molecule has 1 aliphatic heterocycles. The van der Waals surface area contributed by atoms with Crippen LogP contribution in [0.5, 0.6) is 0 Å². The molecule has 0 aromatic heterocycles. The Morgan fingerprint density at radius 1 is 1.32 bits per heavy atom. The number of rotatable bonds is 5. The molecule has 25 heavy (non-hydrogen) atoms. The van der Waals surface area contributed by atoms with Gasteiger partial charge in [0.2, 0.25) is 5.91 Å². The Morgan fingerprint density at radius 3 is 2.16 bits per heavy atom. The molecule has 0 aromatic rings. The fourth-order valence-electron chi connectivity index (χ4n) is 2.14. The largest absolute Gasteiger partial charge is 0.477 e. The molecule has 10 N–H and O–H groups in total. The molecule has 14 heteroatoms. The first-order valence-corrected chi connectivity index (χ1v) is 7.98. The molecule has 13 nitrogen and oxygen atoms in total. The first kappa shape index (κ1) is 24.0. The van der Waals surface area contributed by atoms with E-state index in [2.05, 4.69) is 5.32 Å². The molecule has 1 aliphatic rings. The van der Waals surface area contributed by atoms with Gasteiger partial charge in [0.1, 0.15) is 18.3 Å². The molecule has 148 valence electrons. The number of hydrogen-bond acceptors (Lipinski definition) is 11. The summed E-state index contributed by atoms with van der Waals surface area (Å²) < 4.78 is 4.86. The van der Waals surface area contributed by atoms with Crippen LogP contribution >= 0.6 is 8.60 Å². The zero-order valence-electron chi connectivity index (χ0n) is 13.0. The predicted octanol–water partition coefficient (Wildman–Crippen LogP) is -4.68. The van der Waals surface area contributed by atoms with Gasteiger partial charge in [0.15, 0.2) is 0 Å². The molecule has 1 amide bonds. The Hall–Kier alpha value is -0.990. The summed E-state index contributed by atoms with van der Waals surface area (Å²) in [5, 5.41) is 59.0. The Balaban J connectivity index is 0.00000129. The van der Waals surface area contributed by atoms with Gasteiger partial charge in [-0.05, 0) is 0 Å². The van der Waals surface area contributed by atoms with Crippen LogP contribution in [-0.4, -0.2) is 100 Å². The van der Waals surface area contributed by atoms with Crippen LogP contribution in [-0.2, 0) is 14.3 Å². The smallest absolute Gasteiger partial charge is 0.364 e. The Morgan fingerprint density at radius 2 is 1.80 bits per heavy atom. The Labute approximate surface area is 142 Å². The third kappa shape index (κ3) is 7.42. The Kier molecular flexibility index (Phi) is 9.82. The molecule has 1 rings (SSSR count). The lowest BCUT2D eigenvalue weighted by molar-refractivity contribution is -0.295. The van der Waals surface area contributed by atoms with Crippen LogP contribution in [0.2, 0.25) is 0 Å². The van der Waals surface area contributed by atoms with Crippen molar-refractivity contribution in [3.8, 4) is 0 Å². The number of aliphatic carboxylic acids is 1. The van der Waals surface area contributed by atoms with E-state index in [4.69, 9.17) is 29.6 Å². The third-order valence-electron chi connectivity index (χ3n) is 3.21. The molecule has 0 aliphatic carbocycles. The molecular formula is C11H22NO12P. The zero-order valence-corrected chi connectivity index (χ0v) is 13.9. The number of nitrogens with one attached hydrogen (secondary N) is 1. The normalized spacial score (nSPS) is 31.5. The number of carboxylic acids is 1. The number of ether oxygens (including phenoxy) is 1. The summed E-state index contributed by atoms with van der Waals surface area (Å²) in [4.78, 5) is 43.8. The SMILES string of the molecule is CC(=O)N[C@H]1[C@H]([C@H](O)[C@H](O)CO)O[C@](O)(C(=O)O)C[C@@H]1O.OP(O)O. The maximum Gasteiger partial charge on any atom is 0.364 e. The van der Waals surface area contributed by atoms with Crippen molar-refractivity contribution >= 4 is 20.5 Å². The monoisotopic (exact) mass is 391 g/mol. The number of amides is 1. The first-order valence-electron chi connectivity index (χ1n) is 6.78. The first-order chi connectivity index (χ1) is 11.4. The lowest BCUT2D eigenvalue weighted by Gasteiger charge is -2.44. The quantitative estimate of drug-likeness (QED) is 0.199. The number of aliphatic hydroxyl groups is 5. The highest BCUT2D eigenvalue weighted by Gasteiger charge is 2.53. The molecule has 1 saturated heterocycles. The second-order valence-corrected chi connectivity index (χ2v) is 5.72. The van der Waals surface area contributed by atoms with Crippen LogP contribution in [0.1, 0.15) is 13.3 Å². The summed E-state index contributed by atoms with van der Waals surface area (Å²) in [5.41, 5.74) is 0. The summed E-state index contributed by atoms with van der Waals surface area (Å²) in [6.07, 6.45) is -7.48. The molecule has 0 saturated carbocycles. The maximum atomic E-state index is 11.1. The summed E-state index contributed by atoms with van der Waals surface area (Å²) in [7, 11) is -2.62. The van der Waals surface area contributed by atoms with Gasteiger partial charge in [-0.15, -0.1) is 0 Å². The van der Waals surface area contributed by atoms with Gasteiger partial charge in [-0.2, -0.15) is 0 Å². The van der Waals surface area contributed by atoms with Crippen molar-refractivity contribution in [1.29, 1.82) is 0 Å². The van der Waals surface area contributed by atoms with E-state index in [0.29, 0.717) is 0 Å². The van der Waals surface area contributed by atoms with Gasteiger partial charge in [-0.25, -0.2) is 4.79 Å². The minimum absolute atomic E-state index is 0.598. The zero-order chi connectivity index (χ0) is 19.9. The molecule has 1 fully saturated rings. The molecule has 0 spiro atoms. The van der Waals surface area contributed by atoms with Crippen LogP contribution in [0.3, 0.4) is 0 Å². The van der Waals surface area contributed by atoms with Crippen LogP contribution in [0.15, 0.2) is 0 Å². The second-order valence-electron chi connectivity index (χ2n) is 5.18. The van der Waals surface area contributed by atoms with Gasteiger partial charge in [0.05, 0.1) is 18.8 Å². The third-order valence-corrected chi connectivity index (χ3v) is 3.21. The van der Waals surface area contributed by atoms with Crippen molar-refractivity contribution in [3.63, 3.8) is 0 Å². The molecule has 0 unspecified atom stereocenters. The molecule has 6 atom stereocenters. The average molecular weight is 391 g/mol. The van der Waals surface area contributed by atoms with Crippen LogP contribution < -0.4 is 5.32 Å². The van der Waals surface area contributed by atoms with Gasteiger partial charge in [0.25, 0.3) is 5.79 Å². The van der Waals surface area contributed by atoms with Crippen molar-refractivity contribution in [2.24, 2.45) is 0 Å². The Bertz CT molecular complexity index is 448. The van der Waals surface area contributed by atoms with E-state index >= 15 is 0 Å². The lowest BCUT2D eigenvalue weighted by atomic mass is 9.88. The van der Waals surface area contributed by atoms with Crippen molar-refractivity contribution < 1.29 is 59.6 Å². The van der Waals surface area contributed by atoms with Crippen molar-refractivity contribution in [1.82, 2.24) is 5.32 Å². The van der Waals surface area contributed by atoms with E-state index in [0.717, 1.165) is 6.92 Å². The highest BCUT2D eigenvalue weighted by Crippen LogP contribution is 2.30. The van der Waals surface area contributed by atoms with Crippen molar-refractivity contribution in [2.45, 2.75) is 49.6 Å². The number of carbonyl (C=O) groups excluding carboxylic acids is 1. The predicted molar refractivity (Wildman–Crippen MR) is 78.4 cm³/mol. The summed E-state index contributed by atoms with van der Waals surface area (Å²) >= 11 is 0. The van der Waals surface area contributed by atoms with E-state index in [1.165, 1.54) is 0 Å². The summed E-state index contributed by atoms with van der Waals surface area (Å²) in [6.45, 7) is 0.256. The summed E-state index contributed by atoms with van der Waals surface area (Å²) in [5.74, 6) is -5.17. The minimum Gasteiger partial charge on any atom is -0.477 e. The molecule has 0 radical (unpaired) electrons. The second kappa shape index (κ2) is 10.2. The standard InChI is InChI=1S/C11H19NO9.H3O3P/c1-4(14)12-7-5(15)2-11(20,10(18)19)21-9(7)8(17)6(16)3-13;1-4(2)3/h5-9,13,15-17,20H,2-3H2,1H3,(H,12,14)(H,18,19);1-3H/t5-,6+,7+,8+,9+,11-;/m0./s1. The van der Waals surface area contributed by atoms with E-state index < -0.39 is 69.8 Å². The molecule has 1 heterocycles. The van der Waals surface area contributed by atoms with Crippen molar-refractivity contribution in [3.05, 3.63) is 0 Å². The van der Waals surface area contributed by atoms with Gasteiger partial charge in [0, 0.05) is 13.3 Å². The van der Waals surface area contributed by atoms with Gasteiger partial charge in [-0.3, -0.25) is 4.79 Å². The van der Waals surface area contributed by atoms with E-state index in [1.807, 2.05) is 0 Å². The van der Waals surface area contributed by atoms with Crippen LogP contribution in [0, 0.1) is 0 Å². The van der Waals surface area contributed by atoms with Crippen LogP contribution in [0.4, 0.5) is 0 Å². The number of hydrogen-bond donors (Lipinski definition) is 10. The summed E-state index contributed by atoms with van der Waals surface area (Å²) in [6, 6.07) is -1.27. The van der Waals surface area contributed by atoms with E-state index in [9.17, 15) is 30.0 Å². The topological polar surface area (TPSA) is 237 Å². The van der Waals surface area contributed by atoms with Gasteiger partial charge < -0.3 is 55.4 Å². The number of carbonyl (C=O) groups is 2. The van der Waals surface area contributed by atoms with Gasteiger partial charge >= 0.3 is 14.6 Å². The maximum absolute atomic E-state index is 11.1.